The summed E-state index contributed by atoms with van der Waals surface area (Å²) in [6.07, 6.45) is 13.6. The number of hydrogen-bond donors (Lipinski definition) is 0. The molecule has 2 atom stereocenters. The Labute approximate surface area is 87.9 Å². The lowest BCUT2D eigenvalue weighted by atomic mass is 9.91. The molecule has 1 saturated carbocycles. The topological polar surface area (TPSA) is 3.24 Å². The average Bonchev–Trinajstić information content (AvgIpc) is 2.70. The third-order valence-electron chi connectivity index (χ3n) is 3.96. The van der Waals surface area contributed by atoms with E-state index >= 15 is 0 Å². The van der Waals surface area contributed by atoms with E-state index in [0.717, 1.165) is 6.04 Å². The Morgan fingerprint density at radius 2 is 1.93 bits per heavy atom. The van der Waals surface area contributed by atoms with Crippen LogP contribution in [0.5, 0.6) is 0 Å². The summed E-state index contributed by atoms with van der Waals surface area (Å²) in [5.41, 5.74) is 0. The van der Waals surface area contributed by atoms with E-state index in [-0.39, 0.29) is 0 Å². The molecule has 1 aliphatic carbocycles. The van der Waals surface area contributed by atoms with Gasteiger partial charge in [0.1, 0.15) is 0 Å². The Morgan fingerprint density at radius 3 is 2.50 bits per heavy atom. The maximum absolute atomic E-state index is 5.50. The first-order valence-electron chi connectivity index (χ1n) is 6.03. The maximum Gasteiger partial charge on any atom is 0.0227 e. The molecule has 78 valence electrons. The van der Waals surface area contributed by atoms with Crippen molar-refractivity contribution in [2.45, 2.75) is 57.5 Å². The van der Waals surface area contributed by atoms with Gasteiger partial charge in [-0.15, -0.1) is 12.3 Å². The Bertz CT molecular complexity index is 222. The van der Waals surface area contributed by atoms with Crippen LogP contribution in [0.15, 0.2) is 0 Å². The van der Waals surface area contributed by atoms with Gasteiger partial charge in [-0.3, -0.25) is 4.90 Å². The molecule has 0 aromatic heterocycles. The Kier molecular flexibility index (Phi) is 3.13. The van der Waals surface area contributed by atoms with E-state index in [1.54, 1.807) is 0 Å². The zero-order valence-electron chi connectivity index (χ0n) is 9.21. The average molecular weight is 191 g/mol. The minimum atomic E-state index is 0.544. The van der Waals surface area contributed by atoms with Gasteiger partial charge < -0.3 is 0 Å². The van der Waals surface area contributed by atoms with Crippen LogP contribution in [0.4, 0.5) is 0 Å². The lowest BCUT2D eigenvalue weighted by molar-refractivity contribution is 0.0930. The van der Waals surface area contributed by atoms with Crippen LogP contribution in [-0.2, 0) is 0 Å². The minimum Gasteiger partial charge on any atom is -0.298 e. The molecule has 0 bridgehead atoms. The van der Waals surface area contributed by atoms with Crippen LogP contribution in [0.3, 0.4) is 0 Å². The number of nitrogens with zero attached hydrogens (tertiary/aromatic N) is 1. The van der Waals surface area contributed by atoms with E-state index in [2.05, 4.69) is 17.7 Å². The second-order valence-electron chi connectivity index (χ2n) is 4.91. The fourth-order valence-corrected chi connectivity index (χ4v) is 3.12. The zero-order valence-corrected chi connectivity index (χ0v) is 9.21. The molecule has 0 N–H and O–H groups in total. The number of terminal acetylenes is 1. The number of rotatable bonds is 1. The summed E-state index contributed by atoms with van der Waals surface area (Å²) in [6.45, 7) is 3.59. The second kappa shape index (κ2) is 4.36. The van der Waals surface area contributed by atoms with E-state index in [1.165, 1.54) is 45.1 Å². The van der Waals surface area contributed by atoms with Crippen LogP contribution in [0, 0.1) is 18.3 Å². The fourth-order valence-electron chi connectivity index (χ4n) is 3.12. The van der Waals surface area contributed by atoms with Gasteiger partial charge in [0.05, 0.1) is 0 Å². The van der Waals surface area contributed by atoms with Gasteiger partial charge in [-0.1, -0.05) is 12.8 Å². The van der Waals surface area contributed by atoms with Crippen molar-refractivity contribution in [1.82, 2.24) is 4.90 Å². The van der Waals surface area contributed by atoms with Crippen molar-refractivity contribution in [3.63, 3.8) is 0 Å². The number of piperidine rings is 1. The van der Waals surface area contributed by atoms with Gasteiger partial charge in [-0.2, -0.15) is 0 Å². The van der Waals surface area contributed by atoms with Crippen LogP contribution in [-0.4, -0.2) is 23.5 Å². The lowest BCUT2D eigenvalue weighted by Crippen LogP contribution is -2.45. The van der Waals surface area contributed by atoms with Gasteiger partial charge in [0.25, 0.3) is 0 Å². The van der Waals surface area contributed by atoms with Crippen LogP contribution in [0.2, 0.25) is 0 Å². The van der Waals surface area contributed by atoms with E-state index in [0.29, 0.717) is 12.0 Å². The van der Waals surface area contributed by atoms with Crippen molar-refractivity contribution in [3.05, 3.63) is 0 Å². The highest BCUT2D eigenvalue weighted by Gasteiger charge is 2.30. The largest absolute Gasteiger partial charge is 0.298 e. The fraction of sp³-hybridized carbons (Fsp3) is 0.846. The van der Waals surface area contributed by atoms with Crippen LogP contribution in [0.1, 0.15) is 45.4 Å². The molecule has 0 aromatic rings. The predicted octanol–water partition coefficient (Wildman–Crippen LogP) is 2.66. The van der Waals surface area contributed by atoms with Crippen molar-refractivity contribution in [3.8, 4) is 12.3 Å². The van der Waals surface area contributed by atoms with Crippen molar-refractivity contribution < 1.29 is 0 Å². The summed E-state index contributed by atoms with van der Waals surface area (Å²) in [6, 6.07) is 1.59. The monoisotopic (exact) mass is 191 g/mol. The molecule has 0 amide bonds. The molecule has 0 aromatic carbocycles. The quantitative estimate of drug-likeness (QED) is 0.576. The van der Waals surface area contributed by atoms with Crippen molar-refractivity contribution in [2.24, 2.45) is 5.92 Å². The van der Waals surface area contributed by atoms with E-state index in [9.17, 15) is 0 Å². The van der Waals surface area contributed by atoms with E-state index in [1.807, 2.05) is 0 Å². The van der Waals surface area contributed by atoms with Gasteiger partial charge in [-0.05, 0) is 39.2 Å². The van der Waals surface area contributed by atoms with Crippen LogP contribution >= 0.6 is 0 Å². The van der Waals surface area contributed by atoms with Crippen molar-refractivity contribution >= 4 is 0 Å². The van der Waals surface area contributed by atoms with E-state index in [4.69, 9.17) is 6.42 Å². The normalized spacial score (nSPS) is 35.7. The van der Waals surface area contributed by atoms with Gasteiger partial charge >= 0.3 is 0 Å². The summed E-state index contributed by atoms with van der Waals surface area (Å²) in [7, 11) is 0. The molecule has 1 heterocycles. The van der Waals surface area contributed by atoms with Crippen molar-refractivity contribution in [1.29, 1.82) is 0 Å². The molecule has 1 heteroatoms. The third-order valence-corrected chi connectivity index (χ3v) is 3.96. The summed E-state index contributed by atoms with van der Waals surface area (Å²) in [5.74, 6) is 3.46. The predicted molar refractivity (Wildman–Crippen MR) is 60.0 cm³/mol. The van der Waals surface area contributed by atoms with Gasteiger partial charge in [0, 0.05) is 18.0 Å². The third kappa shape index (κ3) is 1.96. The van der Waals surface area contributed by atoms with Crippen LogP contribution < -0.4 is 0 Å². The highest BCUT2D eigenvalue weighted by atomic mass is 15.2. The highest BCUT2D eigenvalue weighted by molar-refractivity contribution is 4.98. The second-order valence-corrected chi connectivity index (χ2v) is 4.91. The lowest BCUT2D eigenvalue weighted by Gasteiger charge is -2.40. The minimum absolute atomic E-state index is 0.544. The SMILES string of the molecule is C#CC1CCN(C2CCCC2)C(C)C1. The Hall–Kier alpha value is -0.480. The molecule has 1 saturated heterocycles. The molecular weight excluding hydrogens is 170 g/mol. The summed E-state index contributed by atoms with van der Waals surface area (Å²) >= 11 is 0. The summed E-state index contributed by atoms with van der Waals surface area (Å²) < 4.78 is 0. The highest BCUT2D eigenvalue weighted by Crippen LogP contribution is 2.30. The van der Waals surface area contributed by atoms with Gasteiger partial charge in [-0.25, -0.2) is 0 Å². The van der Waals surface area contributed by atoms with Crippen LogP contribution in [0.25, 0.3) is 0 Å². The smallest absolute Gasteiger partial charge is 0.0227 e. The van der Waals surface area contributed by atoms with E-state index < -0.39 is 0 Å². The molecular formula is C13H21N. The Balaban J connectivity index is 1.91. The van der Waals surface area contributed by atoms with Gasteiger partial charge in [0.15, 0.2) is 0 Å². The van der Waals surface area contributed by atoms with Gasteiger partial charge in [0.2, 0.25) is 0 Å². The molecule has 2 unspecified atom stereocenters. The standard InChI is InChI=1S/C13H21N/c1-3-12-8-9-14(11(2)10-12)13-6-4-5-7-13/h1,11-13H,4-10H2,2H3. The first-order valence-corrected chi connectivity index (χ1v) is 6.03. The molecule has 2 aliphatic rings. The zero-order chi connectivity index (χ0) is 9.97. The first-order chi connectivity index (χ1) is 6.81. The molecule has 0 radical (unpaired) electrons. The molecule has 2 fully saturated rings. The summed E-state index contributed by atoms with van der Waals surface area (Å²) in [5, 5.41) is 0. The molecule has 14 heavy (non-hydrogen) atoms. The van der Waals surface area contributed by atoms with Crippen molar-refractivity contribution in [2.75, 3.05) is 6.54 Å². The Morgan fingerprint density at radius 1 is 1.21 bits per heavy atom. The molecule has 1 nitrogen and oxygen atoms in total. The molecule has 0 spiro atoms. The first kappa shape index (κ1) is 10.1. The maximum atomic E-state index is 5.50. The molecule has 2 rings (SSSR count). The summed E-state index contributed by atoms with van der Waals surface area (Å²) in [4.78, 5) is 2.71. The molecule has 1 aliphatic heterocycles. The number of likely N-dealkylation sites (tertiary alicyclic amines) is 1. The number of hydrogen-bond acceptors (Lipinski definition) is 1.